The summed E-state index contributed by atoms with van der Waals surface area (Å²) in [4.78, 5) is 4.48. The summed E-state index contributed by atoms with van der Waals surface area (Å²) in [5.74, 6) is 1.29. The van der Waals surface area contributed by atoms with Crippen molar-refractivity contribution < 1.29 is 14.0 Å². The largest absolute Gasteiger partial charge is 0.380 e. The molecule has 1 aromatic heterocycles. The van der Waals surface area contributed by atoms with Crippen LogP contribution in [0.15, 0.2) is 4.52 Å². The van der Waals surface area contributed by atoms with Crippen molar-refractivity contribution in [1.82, 2.24) is 15.5 Å². The van der Waals surface area contributed by atoms with E-state index in [-0.39, 0.29) is 18.2 Å². The van der Waals surface area contributed by atoms with Crippen LogP contribution in [0.5, 0.6) is 0 Å². The second-order valence-electron chi connectivity index (χ2n) is 4.78. The van der Waals surface area contributed by atoms with Gasteiger partial charge in [-0.15, -0.1) is 0 Å². The number of methoxy groups -OCH3 is 1. The first-order valence-electron chi connectivity index (χ1n) is 6.99. The normalized spacial score (nSPS) is 24.8. The Kier molecular flexibility index (Phi) is 5.30. The van der Waals surface area contributed by atoms with Gasteiger partial charge in [-0.25, -0.2) is 0 Å². The molecule has 0 saturated carbocycles. The Morgan fingerprint density at radius 3 is 2.95 bits per heavy atom. The van der Waals surface area contributed by atoms with Gasteiger partial charge in [0.1, 0.15) is 6.10 Å². The maximum Gasteiger partial charge on any atom is 0.243 e. The lowest BCUT2D eigenvalue weighted by Gasteiger charge is -2.11. The van der Waals surface area contributed by atoms with Gasteiger partial charge in [-0.3, -0.25) is 0 Å². The summed E-state index contributed by atoms with van der Waals surface area (Å²) in [7, 11) is 1.72. The molecule has 1 aliphatic rings. The predicted molar refractivity (Wildman–Crippen MR) is 69.7 cm³/mol. The van der Waals surface area contributed by atoms with Gasteiger partial charge in [-0.1, -0.05) is 18.5 Å². The quantitative estimate of drug-likeness (QED) is 0.816. The van der Waals surface area contributed by atoms with Crippen LogP contribution >= 0.6 is 0 Å². The van der Waals surface area contributed by atoms with E-state index < -0.39 is 0 Å². The van der Waals surface area contributed by atoms with Gasteiger partial charge in [0.05, 0.1) is 12.1 Å². The molecule has 19 heavy (non-hydrogen) atoms. The minimum Gasteiger partial charge on any atom is -0.380 e. The number of aromatic nitrogens is 2. The molecule has 0 spiro atoms. The van der Waals surface area contributed by atoms with Crippen molar-refractivity contribution in [2.24, 2.45) is 0 Å². The van der Waals surface area contributed by atoms with Gasteiger partial charge in [0.15, 0.2) is 0 Å². The Hall–Kier alpha value is -0.980. The molecule has 2 heterocycles. The third kappa shape index (κ3) is 3.52. The molecule has 6 nitrogen and oxygen atoms in total. The fourth-order valence-corrected chi connectivity index (χ4v) is 2.34. The maximum atomic E-state index is 5.66. The molecule has 2 rings (SSSR count). The van der Waals surface area contributed by atoms with Crippen LogP contribution in [0.25, 0.3) is 0 Å². The van der Waals surface area contributed by atoms with Crippen molar-refractivity contribution in [2.45, 2.75) is 51.4 Å². The first-order valence-corrected chi connectivity index (χ1v) is 6.99. The molecule has 1 N–H and O–H groups in total. The van der Waals surface area contributed by atoms with Gasteiger partial charge in [0.2, 0.25) is 11.7 Å². The lowest BCUT2D eigenvalue weighted by molar-refractivity contribution is 0.0477. The van der Waals surface area contributed by atoms with Crippen LogP contribution < -0.4 is 5.32 Å². The standard InChI is InChI=1S/C13H23N3O3/c1-4-6-11(18-5-2)12-15-13(19-16-12)10-7-9(17-3)8-14-10/h9-11,14H,4-8H2,1-3H3/t9-,10+,11?/m0/s1. The van der Waals surface area contributed by atoms with Gasteiger partial charge in [-0.2, -0.15) is 4.98 Å². The molecular weight excluding hydrogens is 246 g/mol. The summed E-state index contributed by atoms with van der Waals surface area (Å²) in [5, 5.41) is 7.39. The van der Waals surface area contributed by atoms with E-state index in [0.29, 0.717) is 18.3 Å². The van der Waals surface area contributed by atoms with Gasteiger partial charge < -0.3 is 19.3 Å². The minimum atomic E-state index is -0.0628. The van der Waals surface area contributed by atoms with E-state index in [0.717, 1.165) is 25.8 Å². The third-order valence-electron chi connectivity index (χ3n) is 3.39. The molecule has 1 saturated heterocycles. The monoisotopic (exact) mass is 269 g/mol. The van der Waals surface area contributed by atoms with Crippen LogP contribution in [-0.4, -0.2) is 36.5 Å². The Balaban J connectivity index is 2.01. The second kappa shape index (κ2) is 6.98. The van der Waals surface area contributed by atoms with Crippen LogP contribution in [0.1, 0.15) is 57.0 Å². The second-order valence-corrected chi connectivity index (χ2v) is 4.78. The number of nitrogens with one attached hydrogen (secondary N) is 1. The van der Waals surface area contributed by atoms with Gasteiger partial charge in [0, 0.05) is 20.3 Å². The van der Waals surface area contributed by atoms with E-state index in [9.17, 15) is 0 Å². The van der Waals surface area contributed by atoms with Crippen LogP contribution in [0.3, 0.4) is 0 Å². The van der Waals surface area contributed by atoms with Crippen LogP contribution in [0.4, 0.5) is 0 Å². The van der Waals surface area contributed by atoms with E-state index in [1.165, 1.54) is 0 Å². The molecule has 0 bridgehead atoms. The van der Waals surface area contributed by atoms with Crippen molar-refractivity contribution >= 4 is 0 Å². The highest BCUT2D eigenvalue weighted by atomic mass is 16.5. The molecule has 108 valence electrons. The number of hydrogen-bond acceptors (Lipinski definition) is 6. The lowest BCUT2D eigenvalue weighted by Crippen LogP contribution is -2.16. The number of ether oxygens (including phenoxy) is 2. The molecule has 3 atom stereocenters. The Labute approximate surface area is 113 Å². The predicted octanol–water partition coefficient (Wildman–Crippen LogP) is 2.00. The van der Waals surface area contributed by atoms with Crippen molar-refractivity contribution in [1.29, 1.82) is 0 Å². The van der Waals surface area contributed by atoms with Crippen LogP contribution in [0.2, 0.25) is 0 Å². The third-order valence-corrected chi connectivity index (χ3v) is 3.39. The smallest absolute Gasteiger partial charge is 0.243 e. The fourth-order valence-electron chi connectivity index (χ4n) is 2.34. The van der Waals surface area contributed by atoms with Crippen molar-refractivity contribution in [2.75, 3.05) is 20.3 Å². The van der Waals surface area contributed by atoms with Crippen LogP contribution in [0, 0.1) is 0 Å². The Bertz CT molecular complexity index is 377. The maximum absolute atomic E-state index is 5.66. The summed E-state index contributed by atoms with van der Waals surface area (Å²) in [6, 6.07) is 0.0927. The summed E-state index contributed by atoms with van der Waals surface area (Å²) < 4.78 is 16.3. The van der Waals surface area contributed by atoms with Gasteiger partial charge >= 0.3 is 0 Å². The van der Waals surface area contributed by atoms with E-state index in [1.807, 2.05) is 6.92 Å². The summed E-state index contributed by atoms with van der Waals surface area (Å²) in [6.45, 7) is 5.57. The number of hydrogen-bond donors (Lipinski definition) is 1. The van der Waals surface area contributed by atoms with Gasteiger partial charge in [0.25, 0.3) is 0 Å². The van der Waals surface area contributed by atoms with Crippen molar-refractivity contribution in [3.8, 4) is 0 Å². The fraction of sp³-hybridized carbons (Fsp3) is 0.846. The Morgan fingerprint density at radius 2 is 2.32 bits per heavy atom. The molecule has 1 aromatic rings. The highest BCUT2D eigenvalue weighted by Crippen LogP contribution is 2.26. The molecule has 0 aromatic carbocycles. The summed E-state index contributed by atoms with van der Waals surface area (Å²) >= 11 is 0. The zero-order valence-corrected chi connectivity index (χ0v) is 11.9. The molecule has 1 unspecified atom stereocenters. The first kappa shape index (κ1) is 14.4. The van der Waals surface area contributed by atoms with Crippen molar-refractivity contribution in [3.63, 3.8) is 0 Å². The minimum absolute atomic E-state index is 0.0628. The zero-order valence-electron chi connectivity index (χ0n) is 11.9. The molecule has 0 radical (unpaired) electrons. The van der Waals surface area contributed by atoms with E-state index in [2.05, 4.69) is 22.4 Å². The summed E-state index contributed by atoms with van der Waals surface area (Å²) in [6.07, 6.45) is 2.96. The van der Waals surface area contributed by atoms with Crippen LogP contribution in [-0.2, 0) is 9.47 Å². The lowest BCUT2D eigenvalue weighted by atomic mass is 10.2. The molecule has 1 aliphatic heterocycles. The average molecular weight is 269 g/mol. The van der Waals surface area contributed by atoms with E-state index in [4.69, 9.17) is 14.0 Å². The topological polar surface area (TPSA) is 69.4 Å². The molecule has 0 amide bonds. The molecule has 1 fully saturated rings. The first-order chi connectivity index (χ1) is 9.28. The van der Waals surface area contributed by atoms with E-state index in [1.54, 1.807) is 7.11 Å². The molecular formula is C13H23N3O3. The average Bonchev–Trinajstić information content (AvgIpc) is 3.07. The Morgan fingerprint density at radius 1 is 1.47 bits per heavy atom. The highest BCUT2D eigenvalue weighted by Gasteiger charge is 2.30. The molecule has 0 aliphatic carbocycles. The van der Waals surface area contributed by atoms with E-state index >= 15 is 0 Å². The van der Waals surface area contributed by atoms with Crippen molar-refractivity contribution in [3.05, 3.63) is 11.7 Å². The number of nitrogens with zero attached hydrogens (tertiary/aromatic N) is 2. The number of rotatable bonds is 7. The highest BCUT2D eigenvalue weighted by molar-refractivity contribution is 4.99. The zero-order chi connectivity index (χ0) is 13.7. The van der Waals surface area contributed by atoms with Gasteiger partial charge in [-0.05, 0) is 19.8 Å². The summed E-state index contributed by atoms with van der Waals surface area (Å²) in [5.41, 5.74) is 0. The molecule has 6 heteroatoms. The SMILES string of the molecule is CCCC(OCC)c1noc([C@H]2C[C@H](OC)CN2)n1.